The van der Waals surface area contributed by atoms with E-state index in [1.807, 2.05) is 9.80 Å². The number of anilines is 1. The summed E-state index contributed by atoms with van der Waals surface area (Å²) in [6.07, 6.45) is 3.37. The topological polar surface area (TPSA) is 143 Å². The number of ether oxygens (including phenoxy) is 1. The highest BCUT2D eigenvalue weighted by atomic mass is 16.6. The molecule has 0 unspecified atom stereocenters. The highest BCUT2D eigenvalue weighted by Crippen LogP contribution is 2.32. The number of amides is 1. The Bertz CT molecular complexity index is 1050. The Balaban J connectivity index is 1.58. The van der Waals surface area contributed by atoms with Crippen molar-refractivity contribution < 1.29 is 19.2 Å². The molecule has 2 aliphatic rings. The lowest BCUT2D eigenvalue weighted by atomic mass is 9.91. The van der Waals surface area contributed by atoms with Crippen molar-refractivity contribution in [1.82, 2.24) is 20.2 Å². The Kier molecular flexibility index (Phi) is 6.43. The van der Waals surface area contributed by atoms with E-state index in [4.69, 9.17) is 4.74 Å². The lowest BCUT2D eigenvalue weighted by Gasteiger charge is -2.38. The summed E-state index contributed by atoms with van der Waals surface area (Å²) in [4.78, 5) is 53.2. The number of esters is 1. The Morgan fingerprint density at radius 1 is 1.15 bits per heavy atom. The number of guanidine groups is 1. The zero-order valence-corrected chi connectivity index (χ0v) is 18.0. The van der Waals surface area contributed by atoms with Gasteiger partial charge in [0.2, 0.25) is 17.8 Å². The van der Waals surface area contributed by atoms with Gasteiger partial charge in [0.1, 0.15) is 6.04 Å². The van der Waals surface area contributed by atoms with Crippen LogP contribution in [-0.4, -0.2) is 70.4 Å². The van der Waals surface area contributed by atoms with Crippen molar-refractivity contribution in [2.45, 2.75) is 13.0 Å². The molecule has 12 nitrogen and oxygen atoms in total. The van der Waals surface area contributed by atoms with Gasteiger partial charge in [-0.15, -0.1) is 0 Å². The van der Waals surface area contributed by atoms with Crippen LogP contribution in [-0.2, 0) is 14.3 Å². The van der Waals surface area contributed by atoms with Crippen molar-refractivity contribution in [2.75, 3.05) is 37.7 Å². The maximum absolute atomic E-state index is 13.0. The van der Waals surface area contributed by atoms with E-state index in [9.17, 15) is 19.7 Å². The van der Waals surface area contributed by atoms with Crippen LogP contribution < -0.4 is 10.2 Å². The van der Waals surface area contributed by atoms with Crippen LogP contribution in [0.2, 0.25) is 0 Å². The molecule has 0 aliphatic carbocycles. The van der Waals surface area contributed by atoms with Crippen molar-refractivity contribution in [3.63, 3.8) is 0 Å². The molecule has 1 aromatic heterocycles. The molecule has 1 aromatic carbocycles. The highest BCUT2D eigenvalue weighted by molar-refractivity contribution is 6.08. The first-order chi connectivity index (χ1) is 16.0. The van der Waals surface area contributed by atoms with Crippen molar-refractivity contribution in [2.24, 2.45) is 10.9 Å². The largest absolute Gasteiger partial charge is 0.465 e. The van der Waals surface area contributed by atoms with E-state index in [0.717, 1.165) is 0 Å². The van der Waals surface area contributed by atoms with Crippen LogP contribution in [0.15, 0.2) is 47.7 Å². The summed E-state index contributed by atoms with van der Waals surface area (Å²) in [5, 5.41) is 13.7. The number of nitrogens with zero attached hydrogens (tertiary/aromatic N) is 6. The summed E-state index contributed by atoms with van der Waals surface area (Å²) in [6.45, 7) is 4.16. The van der Waals surface area contributed by atoms with Crippen LogP contribution in [0.1, 0.15) is 18.5 Å². The van der Waals surface area contributed by atoms with Crippen molar-refractivity contribution in [1.29, 1.82) is 0 Å². The van der Waals surface area contributed by atoms with Gasteiger partial charge in [0.25, 0.3) is 5.69 Å². The Morgan fingerprint density at radius 2 is 1.79 bits per heavy atom. The zero-order chi connectivity index (χ0) is 23.4. The fourth-order valence-electron chi connectivity index (χ4n) is 3.83. The lowest BCUT2D eigenvalue weighted by molar-refractivity contribution is -0.384. The van der Waals surface area contributed by atoms with E-state index in [2.05, 4.69) is 20.3 Å². The third-order valence-electron chi connectivity index (χ3n) is 5.49. The van der Waals surface area contributed by atoms with E-state index < -0.39 is 28.8 Å². The molecule has 1 N–H and O–H groups in total. The maximum atomic E-state index is 13.0. The number of piperazine rings is 1. The quantitative estimate of drug-likeness (QED) is 0.302. The van der Waals surface area contributed by atoms with Gasteiger partial charge >= 0.3 is 5.97 Å². The number of nitro benzene ring substituents is 1. The van der Waals surface area contributed by atoms with Crippen LogP contribution in [0.3, 0.4) is 0 Å². The van der Waals surface area contributed by atoms with E-state index in [1.54, 1.807) is 25.4 Å². The Hall–Kier alpha value is -4.09. The Morgan fingerprint density at radius 3 is 2.39 bits per heavy atom. The highest BCUT2D eigenvalue weighted by Gasteiger charge is 2.42. The minimum absolute atomic E-state index is 0.0878. The molecule has 0 spiro atoms. The SMILES string of the molecule is CCOC(=O)[C@H]1C(=O)NC(N2CCN(c3ncccn3)CC2)=N[C@@H]1c1ccc([N+](=O)[O-])cc1. The summed E-state index contributed by atoms with van der Waals surface area (Å²) in [5.41, 5.74) is 0.428. The number of nitrogens with one attached hydrogen (secondary N) is 1. The predicted molar refractivity (Wildman–Crippen MR) is 117 cm³/mol. The first kappa shape index (κ1) is 22.1. The number of hydrogen-bond donors (Lipinski definition) is 1. The second kappa shape index (κ2) is 9.59. The number of rotatable bonds is 5. The van der Waals surface area contributed by atoms with Gasteiger partial charge in [-0.1, -0.05) is 12.1 Å². The van der Waals surface area contributed by atoms with Crippen LogP contribution >= 0.6 is 0 Å². The van der Waals surface area contributed by atoms with E-state index >= 15 is 0 Å². The summed E-state index contributed by atoms with van der Waals surface area (Å²) < 4.78 is 5.10. The molecule has 2 aliphatic heterocycles. The number of nitro groups is 1. The van der Waals surface area contributed by atoms with Gasteiger partial charge in [-0.05, 0) is 18.6 Å². The molecule has 3 heterocycles. The smallest absolute Gasteiger partial charge is 0.321 e. The average molecular weight is 453 g/mol. The van der Waals surface area contributed by atoms with Crippen molar-refractivity contribution in [3.05, 3.63) is 58.4 Å². The number of carbonyl (C=O) groups excluding carboxylic acids is 2. The molecule has 0 bridgehead atoms. The third kappa shape index (κ3) is 4.73. The molecule has 1 fully saturated rings. The van der Waals surface area contributed by atoms with Crippen LogP contribution in [0, 0.1) is 16.0 Å². The minimum atomic E-state index is -1.19. The summed E-state index contributed by atoms with van der Waals surface area (Å²) in [7, 11) is 0. The molecule has 1 amide bonds. The van der Waals surface area contributed by atoms with Gasteiger partial charge < -0.3 is 14.5 Å². The number of hydrogen-bond acceptors (Lipinski definition) is 10. The number of carbonyl (C=O) groups is 2. The molecular formula is C21H23N7O5. The zero-order valence-electron chi connectivity index (χ0n) is 18.0. The summed E-state index contributed by atoms with van der Waals surface area (Å²) >= 11 is 0. The van der Waals surface area contributed by atoms with E-state index in [1.165, 1.54) is 24.3 Å². The van der Waals surface area contributed by atoms with Crippen molar-refractivity contribution >= 4 is 29.5 Å². The van der Waals surface area contributed by atoms with E-state index in [0.29, 0.717) is 43.7 Å². The van der Waals surface area contributed by atoms with E-state index in [-0.39, 0.29) is 12.3 Å². The molecule has 2 atom stereocenters. The molecule has 172 valence electrons. The van der Waals surface area contributed by atoms with Gasteiger partial charge in [-0.25, -0.2) is 15.0 Å². The van der Waals surface area contributed by atoms with Crippen LogP contribution in [0.5, 0.6) is 0 Å². The molecule has 0 radical (unpaired) electrons. The third-order valence-corrected chi connectivity index (χ3v) is 5.49. The van der Waals surface area contributed by atoms with Gasteiger partial charge in [0, 0.05) is 50.7 Å². The average Bonchev–Trinajstić information content (AvgIpc) is 2.84. The number of aromatic nitrogens is 2. The molecule has 1 saturated heterocycles. The van der Waals surface area contributed by atoms with Crippen LogP contribution in [0.4, 0.5) is 11.6 Å². The molecule has 0 saturated carbocycles. The second-order valence-electron chi connectivity index (χ2n) is 7.49. The summed E-state index contributed by atoms with van der Waals surface area (Å²) in [5.74, 6) is -1.40. The monoisotopic (exact) mass is 453 g/mol. The normalized spacial score (nSPS) is 20.6. The fraction of sp³-hybridized carbons (Fsp3) is 0.381. The molecule has 4 rings (SSSR count). The maximum Gasteiger partial charge on any atom is 0.321 e. The number of non-ortho nitro benzene ring substituents is 1. The van der Waals surface area contributed by atoms with Gasteiger partial charge in [0.05, 0.1) is 11.5 Å². The predicted octanol–water partition coefficient (Wildman–Crippen LogP) is 0.913. The minimum Gasteiger partial charge on any atom is -0.465 e. The van der Waals surface area contributed by atoms with Gasteiger partial charge in [0.15, 0.2) is 5.92 Å². The second-order valence-corrected chi connectivity index (χ2v) is 7.49. The fourth-order valence-corrected chi connectivity index (χ4v) is 3.83. The molecular weight excluding hydrogens is 430 g/mol. The molecule has 2 aromatic rings. The van der Waals surface area contributed by atoms with Gasteiger partial charge in [-0.3, -0.25) is 25.0 Å². The van der Waals surface area contributed by atoms with Crippen LogP contribution in [0.25, 0.3) is 0 Å². The van der Waals surface area contributed by atoms with Gasteiger partial charge in [-0.2, -0.15) is 0 Å². The molecule has 12 heteroatoms. The number of aliphatic imine (C=N–C) groups is 1. The standard InChI is InChI=1S/C21H23N7O5/c1-2-33-19(30)16-17(14-4-6-15(7-5-14)28(31)32)24-21(25-18(16)29)27-12-10-26(11-13-27)20-22-8-3-9-23-20/h3-9,16-17H,2,10-13H2,1H3,(H,24,25,29)/t16-,17-/m1/s1. The number of benzene rings is 1. The van der Waals surface area contributed by atoms with Crippen molar-refractivity contribution in [3.8, 4) is 0 Å². The first-order valence-electron chi connectivity index (χ1n) is 10.5. The lowest BCUT2D eigenvalue weighted by Crippen LogP contribution is -2.57. The first-order valence-corrected chi connectivity index (χ1v) is 10.5. The molecule has 33 heavy (non-hydrogen) atoms. The Labute approximate surface area is 189 Å². The summed E-state index contributed by atoms with van der Waals surface area (Å²) in [6, 6.07) is 6.59.